The van der Waals surface area contributed by atoms with Crippen molar-refractivity contribution in [3.63, 3.8) is 0 Å². The predicted octanol–water partition coefficient (Wildman–Crippen LogP) is 1.74. The van der Waals surface area contributed by atoms with Gasteiger partial charge in [0.05, 0.1) is 6.54 Å². The summed E-state index contributed by atoms with van der Waals surface area (Å²) in [5.41, 5.74) is 1.49. The van der Waals surface area contributed by atoms with Gasteiger partial charge in [0, 0.05) is 25.0 Å². The first-order valence-corrected chi connectivity index (χ1v) is 6.74. The number of hydrogen-bond acceptors (Lipinski definition) is 4. The van der Waals surface area contributed by atoms with Gasteiger partial charge in [0.1, 0.15) is 11.6 Å². The van der Waals surface area contributed by atoms with E-state index in [1.54, 1.807) is 4.88 Å². The molecule has 17 heavy (non-hydrogen) atoms. The van der Waals surface area contributed by atoms with Crippen molar-refractivity contribution in [2.24, 2.45) is 7.05 Å². The number of nitrogens with zero attached hydrogens (tertiary/aromatic N) is 4. The van der Waals surface area contributed by atoms with Crippen LogP contribution < -0.4 is 0 Å². The Balaban J connectivity index is 1.74. The zero-order valence-electron chi connectivity index (χ0n) is 10.2. The lowest BCUT2D eigenvalue weighted by Crippen LogP contribution is -2.30. The predicted molar refractivity (Wildman–Crippen MR) is 67.9 cm³/mol. The van der Waals surface area contributed by atoms with Gasteiger partial charge in [0.2, 0.25) is 0 Å². The number of thiophene rings is 1. The van der Waals surface area contributed by atoms with Gasteiger partial charge in [-0.15, -0.1) is 21.5 Å². The zero-order chi connectivity index (χ0) is 11.8. The molecule has 0 radical (unpaired) electrons. The molecule has 0 saturated carbocycles. The summed E-state index contributed by atoms with van der Waals surface area (Å²) in [6.45, 7) is 5.06. The van der Waals surface area contributed by atoms with E-state index in [0.29, 0.717) is 0 Å². The van der Waals surface area contributed by atoms with Crippen molar-refractivity contribution < 1.29 is 0 Å². The fourth-order valence-corrected chi connectivity index (χ4v) is 3.12. The third kappa shape index (κ3) is 2.00. The second-order valence-corrected chi connectivity index (χ2v) is 5.55. The summed E-state index contributed by atoms with van der Waals surface area (Å²) in [6, 6.07) is 2.24. The van der Waals surface area contributed by atoms with E-state index >= 15 is 0 Å². The van der Waals surface area contributed by atoms with Gasteiger partial charge in [0.15, 0.2) is 0 Å². The number of hydrogen-bond donors (Lipinski definition) is 0. The summed E-state index contributed by atoms with van der Waals surface area (Å²) >= 11 is 1.88. The minimum absolute atomic E-state index is 0.895. The number of aromatic nitrogens is 3. The first kappa shape index (κ1) is 10.9. The quantitative estimate of drug-likeness (QED) is 0.812. The topological polar surface area (TPSA) is 34.0 Å². The van der Waals surface area contributed by atoms with Crippen LogP contribution in [0.15, 0.2) is 11.4 Å². The molecule has 0 N–H and O–H groups in total. The van der Waals surface area contributed by atoms with Crippen molar-refractivity contribution in [3.05, 3.63) is 33.5 Å². The summed E-state index contributed by atoms with van der Waals surface area (Å²) in [5.74, 6) is 2.04. The van der Waals surface area contributed by atoms with Crippen LogP contribution in [0.1, 0.15) is 22.1 Å². The maximum atomic E-state index is 4.23. The summed E-state index contributed by atoms with van der Waals surface area (Å²) in [5, 5.41) is 10.5. The molecule has 0 amide bonds. The van der Waals surface area contributed by atoms with Crippen molar-refractivity contribution in [2.75, 3.05) is 6.54 Å². The highest BCUT2D eigenvalue weighted by molar-refractivity contribution is 7.10. The molecule has 5 heteroatoms. The van der Waals surface area contributed by atoms with Gasteiger partial charge in [-0.2, -0.15) is 0 Å². The maximum Gasteiger partial charge on any atom is 0.146 e. The van der Waals surface area contributed by atoms with Gasteiger partial charge in [-0.05, 0) is 30.4 Å². The fourth-order valence-electron chi connectivity index (χ4n) is 2.23. The molecule has 90 valence electrons. The molecule has 0 atom stereocenters. The highest BCUT2D eigenvalue weighted by Crippen LogP contribution is 2.24. The minimum Gasteiger partial charge on any atom is -0.317 e. The van der Waals surface area contributed by atoms with E-state index in [1.807, 2.05) is 25.3 Å². The van der Waals surface area contributed by atoms with Crippen LogP contribution in [-0.4, -0.2) is 26.2 Å². The Hall–Kier alpha value is -1.20. The molecule has 0 bridgehead atoms. The highest BCUT2D eigenvalue weighted by Gasteiger charge is 2.18. The van der Waals surface area contributed by atoms with Crippen LogP contribution in [0.2, 0.25) is 0 Å². The molecule has 0 unspecified atom stereocenters. The lowest BCUT2D eigenvalue weighted by atomic mass is 10.1. The lowest BCUT2D eigenvalue weighted by molar-refractivity contribution is 0.238. The largest absolute Gasteiger partial charge is 0.317 e. The van der Waals surface area contributed by atoms with Crippen LogP contribution in [0.25, 0.3) is 0 Å². The van der Waals surface area contributed by atoms with Crippen LogP contribution in [0.3, 0.4) is 0 Å². The molecule has 0 aromatic carbocycles. The van der Waals surface area contributed by atoms with E-state index in [-0.39, 0.29) is 0 Å². The molecule has 2 aromatic rings. The molecule has 0 saturated heterocycles. The Morgan fingerprint density at radius 3 is 3.06 bits per heavy atom. The van der Waals surface area contributed by atoms with Crippen molar-refractivity contribution in [2.45, 2.75) is 26.4 Å². The average Bonchev–Trinajstić information content (AvgIpc) is 2.90. The molecule has 1 aliphatic rings. The Kier molecular flexibility index (Phi) is 2.72. The molecule has 3 rings (SSSR count). The molecular formula is C12H16N4S. The molecule has 2 aromatic heterocycles. The van der Waals surface area contributed by atoms with E-state index in [0.717, 1.165) is 31.3 Å². The summed E-state index contributed by atoms with van der Waals surface area (Å²) in [4.78, 5) is 3.99. The Bertz CT molecular complexity index is 528. The zero-order valence-corrected chi connectivity index (χ0v) is 11.0. The van der Waals surface area contributed by atoms with Gasteiger partial charge < -0.3 is 4.57 Å². The summed E-state index contributed by atoms with van der Waals surface area (Å²) in [6.07, 6.45) is 1.17. The van der Waals surface area contributed by atoms with E-state index < -0.39 is 0 Å². The molecule has 1 aliphatic heterocycles. The van der Waals surface area contributed by atoms with Crippen LogP contribution in [0.5, 0.6) is 0 Å². The third-order valence-corrected chi connectivity index (χ3v) is 4.46. The maximum absolute atomic E-state index is 4.23. The van der Waals surface area contributed by atoms with E-state index in [1.165, 1.54) is 12.0 Å². The van der Waals surface area contributed by atoms with Crippen molar-refractivity contribution in [1.29, 1.82) is 0 Å². The SMILES string of the molecule is Cc1nnc(CN2CCc3sccc3C2)n1C. The molecular weight excluding hydrogens is 232 g/mol. The highest BCUT2D eigenvalue weighted by atomic mass is 32.1. The Morgan fingerprint density at radius 1 is 1.41 bits per heavy atom. The van der Waals surface area contributed by atoms with Gasteiger partial charge >= 0.3 is 0 Å². The molecule has 4 nitrogen and oxygen atoms in total. The Morgan fingerprint density at radius 2 is 2.29 bits per heavy atom. The fraction of sp³-hybridized carbons (Fsp3) is 0.500. The van der Waals surface area contributed by atoms with Crippen LogP contribution in [0.4, 0.5) is 0 Å². The van der Waals surface area contributed by atoms with E-state index in [9.17, 15) is 0 Å². The Labute approximate surface area is 105 Å². The van der Waals surface area contributed by atoms with Crippen LogP contribution >= 0.6 is 11.3 Å². The van der Waals surface area contributed by atoms with E-state index in [4.69, 9.17) is 0 Å². The van der Waals surface area contributed by atoms with Crippen LogP contribution in [0, 0.1) is 6.92 Å². The average molecular weight is 248 g/mol. The standard InChI is InChI=1S/C12H16N4S/c1-9-13-14-12(15(9)2)8-16-5-3-11-10(7-16)4-6-17-11/h4,6H,3,5,7-8H2,1-2H3. The van der Waals surface area contributed by atoms with Crippen molar-refractivity contribution in [3.8, 4) is 0 Å². The molecule has 0 aliphatic carbocycles. The second kappa shape index (κ2) is 4.23. The van der Waals surface area contributed by atoms with Crippen LogP contribution in [-0.2, 0) is 26.6 Å². The first-order valence-electron chi connectivity index (χ1n) is 5.86. The monoisotopic (exact) mass is 248 g/mol. The van der Waals surface area contributed by atoms with Crippen molar-refractivity contribution >= 4 is 11.3 Å². The van der Waals surface area contributed by atoms with Crippen molar-refractivity contribution in [1.82, 2.24) is 19.7 Å². The van der Waals surface area contributed by atoms with Gasteiger partial charge in [-0.25, -0.2) is 0 Å². The number of aryl methyl sites for hydroxylation is 1. The van der Waals surface area contributed by atoms with Gasteiger partial charge in [0.25, 0.3) is 0 Å². The molecule has 3 heterocycles. The number of rotatable bonds is 2. The molecule has 0 spiro atoms. The number of fused-ring (bicyclic) bond motifs is 1. The summed E-state index contributed by atoms with van der Waals surface area (Å²) in [7, 11) is 2.03. The smallest absolute Gasteiger partial charge is 0.146 e. The van der Waals surface area contributed by atoms with Gasteiger partial charge in [-0.1, -0.05) is 0 Å². The second-order valence-electron chi connectivity index (χ2n) is 4.55. The van der Waals surface area contributed by atoms with Gasteiger partial charge in [-0.3, -0.25) is 4.90 Å². The minimum atomic E-state index is 0.895. The normalized spacial score (nSPS) is 16.1. The lowest BCUT2D eigenvalue weighted by Gasteiger charge is -2.26. The van der Waals surface area contributed by atoms with E-state index in [2.05, 4.69) is 31.1 Å². The first-order chi connectivity index (χ1) is 8.24. The summed E-state index contributed by atoms with van der Waals surface area (Å²) < 4.78 is 2.07. The third-order valence-electron chi connectivity index (χ3n) is 3.43. The molecule has 0 fully saturated rings.